The summed E-state index contributed by atoms with van der Waals surface area (Å²) in [7, 11) is 0. The zero-order valence-corrected chi connectivity index (χ0v) is 10.8. The van der Waals surface area contributed by atoms with Crippen LogP contribution >= 0.6 is 23.2 Å². The number of rotatable bonds is 2. The van der Waals surface area contributed by atoms with E-state index in [0.717, 1.165) is 30.5 Å². The number of hydrogen-bond donors (Lipinski definition) is 1. The van der Waals surface area contributed by atoms with E-state index in [1.165, 1.54) is 0 Å². The average Bonchev–Trinajstić information content (AvgIpc) is 2.27. The van der Waals surface area contributed by atoms with E-state index in [2.05, 4.69) is 5.32 Å². The van der Waals surface area contributed by atoms with Gasteiger partial charge in [0, 0.05) is 33.9 Å². The van der Waals surface area contributed by atoms with Crippen molar-refractivity contribution in [1.82, 2.24) is 0 Å². The molecule has 17 heavy (non-hydrogen) atoms. The molecule has 0 aromatic heterocycles. The van der Waals surface area contributed by atoms with Gasteiger partial charge in [0.1, 0.15) is 0 Å². The highest BCUT2D eigenvalue weighted by atomic mass is 35.5. The van der Waals surface area contributed by atoms with E-state index in [0.29, 0.717) is 16.5 Å². The van der Waals surface area contributed by atoms with E-state index >= 15 is 0 Å². The van der Waals surface area contributed by atoms with Crippen molar-refractivity contribution in [1.29, 1.82) is 0 Å². The minimum atomic E-state index is 0.233. The number of hydrogen-bond acceptors (Lipinski definition) is 2. The van der Waals surface area contributed by atoms with Crippen molar-refractivity contribution in [3.8, 4) is 0 Å². The average molecular weight is 270 g/mol. The maximum Gasteiger partial charge on any atom is 0.160 e. The monoisotopic (exact) mass is 269 g/mol. The second kappa shape index (κ2) is 5.56. The highest BCUT2D eigenvalue weighted by molar-refractivity contribution is 6.35. The molecule has 0 heterocycles. The van der Waals surface area contributed by atoms with E-state index in [9.17, 15) is 4.79 Å². The number of allylic oxidation sites excluding steroid dienone is 1. The van der Waals surface area contributed by atoms with Gasteiger partial charge in [-0.2, -0.15) is 0 Å². The molecule has 4 heteroatoms. The summed E-state index contributed by atoms with van der Waals surface area (Å²) in [4.78, 5) is 11.6. The number of benzene rings is 1. The molecule has 1 aliphatic rings. The smallest absolute Gasteiger partial charge is 0.160 e. The van der Waals surface area contributed by atoms with Crippen molar-refractivity contribution in [3.63, 3.8) is 0 Å². The molecule has 0 radical (unpaired) electrons. The molecule has 1 aliphatic carbocycles. The Bertz CT molecular complexity index is 448. The highest BCUT2D eigenvalue weighted by Crippen LogP contribution is 2.24. The highest BCUT2D eigenvalue weighted by Gasteiger charge is 2.14. The predicted molar refractivity (Wildman–Crippen MR) is 71.6 cm³/mol. The van der Waals surface area contributed by atoms with Gasteiger partial charge in [-0.05, 0) is 37.5 Å². The fraction of sp³-hybridized carbons (Fsp3) is 0.308. The van der Waals surface area contributed by atoms with Crippen LogP contribution in [0.15, 0.2) is 30.0 Å². The topological polar surface area (TPSA) is 29.1 Å². The predicted octanol–water partition coefficient (Wildman–Crippen LogP) is 4.43. The number of carbonyl (C=O) groups excluding carboxylic acids is 1. The number of carbonyl (C=O) groups is 1. The lowest BCUT2D eigenvalue weighted by molar-refractivity contribution is -0.116. The van der Waals surface area contributed by atoms with Gasteiger partial charge in [0.15, 0.2) is 5.78 Å². The van der Waals surface area contributed by atoms with Crippen molar-refractivity contribution in [2.45, 2.75) is 25.7 Å². The molecule has 1 saturated carbocycles. The van der Waals surface area contributed by atoms with Gasteiger partial charge < -0.3 is 5.32 Å². The van der Waals surface area contributed by atoms with E-state index in [1.54, 1.807) is 24.4 Å². The second-order valence-corrected chi connectivity index (χ2v) is 4.98. The molecule has 0 aliphatic heterocycles. The van der Waals surface area contributed by atoms with Crippen LogP contribution in [0, 0.1) is 0 Å². The van der Waals surface area contributed by atoms with Crippen LogP contribution in [0.2, 0.25) is 10.0 Å². The summed E-state index contributed by atoms with van der Waals surface area (Å²) in [6.45, 7) is 0. The van der Waals surface area contributed by atoms with E-state index < -0.39 is 0 Å². The largest absolute Gasteiger partial charge is 0.361 e. The molecule has 0 unspecified atom stereocenters. The minimum absolute atomic E-state index is 0.233. The summed E-state index contributed by atoms with van der Waals surface area (Å²) in [6.07, 6.45) is 5.35. The van der Waals surface area contributed by atoms with Crippen molar-refractivity contribution < 1.29 is 4.79 Å². The summed E-state index contributed by atoms with van der Waals surface area (Å²) in [5.74, 6) is 0.233. The summed E-state index contributed by atoms with van der Waals surface area (Å²) in [5, 5.41) is 4.23. The number of nitrogens with one attached hydrogen (secondary N) is 1. The Morgan fingerprint density at radius 1 is 1.06 bits per heavy atom. The Morgan fingerprint density at radius 3 is 2.35 bits per heavy atom. The molecule has 0 amide bonds. The third kappa shape index (κ3) is 3.48. The molecule has 2 rings (SSSR count). The lowest BCUT2D eigenvalue weighted by Crippen LogP contribution is -2.09. The molecule has 1 N–H and O–H groups in total. The van der Waals surface area contributed by atoms with Crippen LogP contribution in [-0.2, 0) is 4.79 Å². The summed E-state index contributed by atoms with van der Waals surface area (Å²) in [5.41, 5.74) is 1.65. The third-order valence-electron chi connectivity index (χ3n) is 2.73. The van der Waals surface area contributed by atoms with Crippen LogP contribution in [0.3, 0.4) is 0 Å². The third-order valence-corrected chi connectivity index (χ3v) is 3.17. The normalized spacial score (nSPS) is 18.5. The van der Waals surface area contributed by atoms with Gasteiger partial charge >= 0.3 is 0 Å². The summed E-state index contributed by atoms with van der Waals surface area (Å²) >= 11 is 11.8. The number of Topliss-reactive ketones (excluding diaryl/α,β-unsaturated/α-hetero) is 1. The lowest BCUT2D eigenvalue weighted by Gasteiger charge is -2.13. The van der Waals surface area contributed by atoms with Crippen molar-refractivity contribution in [3.05, 3.63) is 40.0 Å². The van der Waals surface area contributed by atoms with Crippen LogP contribution in [-0.4, -0.2) is 5.78 Å². The van der Waals surface area contributed by atoms with Gasteiger partial charge in [-0.15, -0.1) is 0 Å². The molecule has 90 valence electrons. The van der Waals surface area contributed by atoms with Crippen LogP contribution < -0.4 is 5.32 Å². The van der Waals surface area contributed by atoms with Crippen LogP contribution in [0.4, 0.5) is 5.69 Å². The molecule has 0 atom stereocenters. The molecule has 1 aromatic carbocycles. The summed E-state index contributed by atoms with van der Waals surface area (Å²) in [6, 6.07) is 5.22. The first-order valence-electron chi connectivity index (χ1n) is 5.60. The molecule has 0 saturated heterocycles. The molecule has 1 fully saturated rings. The van der Waals surface area contributed by atoms with Gasteiger partial charge in [-0.25, -0.2) is 0 Å². The van der Waals surface area contributed by atoms with Crippen molar-refractivity contribution >= 4 is 34.7 Å². The van der Waals surface area contributed by atoms with Gasteiger partial charge in [-0.1, -0.05) is 23.2 Å². The first-order valence-corrected chi connectivity index (χ1v) is 6.35. The number of anilines is 1. The lowest BCUT2D eigenvalue weighted by atomic mass is 9.94. The van der Waals surface area contributed by atoms with E-state index in [4.69, 9.17) is 23.2 Å². The van der Waals surface area contributed by atoms with Crippen molar-refractivity contribution in [2.75, 3.05) is 5.32 Å². The quantitative estimate of drug-likeness (QED) is 0.805. The molecule has 0 bridgehead atoms. The Labute approximate surface area is 111 Å². The maximum absolute atomic E-state index is 11.6. The summed E-state index contributed by atoms with van der Waals surface area (Å²) < 4.78 is 0. The Hall–Kier alpha value is -0.990. The zero-order valence-electron chi connectivity index (χ0n) is 9.30. The molecule has 2 nitrogen and oxygen atoms in total. The molecular weight excluding hydrogens is 257 g/mol. The van der Waals surface area contributed by atoms with Gasteiger partial charge in [-0.3, -0.25) is 4.79 Å². The van der Waals surface area contributed by atoms with E-state index in [1.807, 2.05) is 0 Å². The fourth-order valence-corrected chi connectivity index (χ4v) is 2.39. The minimum Gasteiger partial charge on any atom is -0.361 e. The first-order chi connectivity index (χ1) is 8.15. The van der Waals surface area contributed by atoms with Crippen LogP contribution in [0.5, 0.6) is 0 Å². The standard InChI is InChI=1S/C13H13Cl2NO/c14-10-5-11(15)7-12(6-10)16-8-9-3-1-2-4-13(9)17/h5-8,16H,1-4H2. The van der Waals surface area contributed by atoms with Crippen LogP contribution in [0.1, 0.15) is 25.7 Å². The Morgan fingerprint density at radius 2 is 1.71 bits per heavy atom. The number of ketones is 1. The maximum atomic E-state index is 11.6. The van der Waals surface area contributed by atoms with Crippen molar-refractivity contribution in [2.24, 2.45) is 0 Å². The van der Waals surface area contributed by atoms with Crippen LogP contribution in [0.25, 0.3) is 0 Å². The number of halogens is 2. The van der Waals surface area contributed by atoms with Gasteiger partial charge in [0.05, 0.1) is 0 Å². The Balaban J connectivity index is 2.10. The van der Waals surface area contributed by atoms with Gasteiger partial charge in [0.2, 0.25) is 0 Å². The molecule has 1 aromatic rings. The first kappa shape index (κ1) is 12.5. The Kier molecular flexibility index (Phi) is 4.08. The van der Waals surface area contributed by atoms with E-state index in [-0.39, 0.29) is 5.78 Å². The molecule has 0 spiro atoms. The van der Waals surface area contributed by atoms with Gasteiger partial charge in [0.25, 0.3) is 0 Å². The fourth-order valence-electron chi connectivity index (χ4n) is 1.86. The zero-order chi connectivity index (χ0) is 12.3. The SMILES string of the molecule is O=C1CCCCC1=CNc1cc(Cl)cc(Cl)c1. The molecular formula is C13H13Cl2NO. The second-order valence-electron chi connectivity index (χ2n) is 4.10.